The number of halogens is 1. The molecule has 0 aliphatic rings. The van der Waals surface area contributed by atoms with Crippen molar-refractivity contribution in [2.24, 2.45) is 7.05 Å². The average Bonchev–Trinajstić information content (AvgIpc) is 2.57. The van der Waals surface area contributed by atoms with Crippen LogP contribution in [0, 0.1) is 5.82 Å². The molecule has 1 N–H and O–H groups in total. The van der Waals surface area contributed by atoms with E-state index in [2.05, 4.69) is 9.97 Å². The fraction of sp³-hybridized carbons (Fsp3) is 0.188. The number of ether oxygens (including phenoxy) is 1. The maximum Gasteiger partial charge on any atom is 0.258 e. The lowest BCUT2D eigenvalue weighted by atomic mass is 10.1. The SMILES string of the molecule is Cn1ccc2cc(-c3ncc(OCCO)cn3)c(F)cc2c1=O. The van der Waals surface area contributed by atoms with Crippen LogP contribution in [-0.2, 0) is 7.05 Å². The van der Waals surface area contributed by atoms with Gasteiger partial charge in [-0.1, -0.05) is 0 Å². The summed E-state index contributed by atoms with van der Waals surface area (Å²) < 4.78 is 20.9. The van der Waals surface area contributed by atoms with Crippen LogP contribution in [0.5, 0.6) is 5.75 Å². The third-order valence-electron chi connectivity index (χ3n) is 3.40. The van der Waals surface area contributed by atoms with Gasteiger partial charge in [-0.15, -0.1) is 0 Å². The Morgan fingerprint density at radius 1 is 1.30 bits per heavy atom. The standard InChI is InChI=1S/C16H14FN3O3/c1-20-3-2-10-6-13(14(17)7-12(10)16(20)22)15-18-8-11(9-19-15)23-5-4-21/h2-3,6-9,21H,4-5H2,1H3. The van der Waals surface area contributed by atoms with E-state index in [1.807, 2.05) is 0 Å². The molecule has 0 radical (unpaired) electrons. The number of pyridine rings is 1. The van der Waals surface area contributed by atoms with E-state index in [-0.39, 0.29) is 30.2 Å². The van der Waals surface area contributed by atoms with Gasteiger partial charge in [-0.3, -0.25) is 4.79 Å². The predicted molar refractivity (Wildman–Crippen MR) is 82.8 cm³/mol. The van der Waals surface area contributed by atoms with Gasteiger partial charge in [-0.25, -0.2) is 14.4 Å². The van der Waals surface area contributed by atoms with Crippen molar-refractivity contribution in [3.63, 3.8) is 0 Å². The summed E-state index contributed by atoms with van der Waals surface area (Å²) in [7, 11) is 1.61. The third kappa shape index (κ3) is 2.91. The van der Waals surface area contributed by atoms with Crippen LogP contribution in [0.15, 0.2) is 41.6 Å². The van der Waals surface area contributed by atoms with Crippen LogP contribution in [0.2, 0.25) is 0 Å². The molecule has 2 heterocycles. The highest BCUT2D eigenvalue weighted by atomic mass is 19.1. The predicted octanol–water partition coefficient (Wildman–Crippen LogP) is 1.51. The summed E-state index contributed by atoms with van der Waals surface area (Å²) in [5, 5.41) is 9.62. The molecule has 0 unspecified atom stereocenters. The Labute approximate surface area is 130 Å². The van der Waals surface area contributed by atoms with Crippen LogP contribution in [-0.4, -0.2) is 32.9 Å². The fourth-order valence-corrected chi connectivity index (χ4v) is 2.23. The minimum absolute atomic E-state index is 0.115. The number of aliphatic hydroxyl groups excluding tert-OH is 1. The van der Waals surface area contributed by atoms with Gasteiger partial charge in [-0.2, -0.15) is 0 Å². The van der Waals surface area contributed by atoms with Gasteiger partial charge in [0.1, 0.15) is 12.4 Å². The van der Waals surface area contributed by atoms with Gasteiger partial charge in [0, 0.05) is 13.2 Å². The zero-order valence-corrected chi connectivity index (χ0v) is 12.4. The van der Waals surface area contributed by atoms with Crippen molar-refractivity contribution < 1.29 is 14.2 Å². The Morgan fingerprint density at radius 2 is 2.04 bits per heavy atom. The van der Waals surface area contributed by atoms with Crippen LogP contribution in [0.1, 0.15) is 0 Å². The van der Waals surface area contributed by atoms with E-state index in [1.54, 1.807) is 25.4 Å². The molecule has 0 saturated carbocycles. The van der Waals surface area contributed by atoms with Crippen LogP contribution >= 0.6 is 0 Å². The number of rotatable bonds is 4. The first-order valence-electron chi connectivity index (χ1n) is 6.95. The van der Waals surface area contributed by atoms with Gasteiger partial charge in [0.25, 0.3) is 5.56 Å². The van der Waals surface area contributed by atoms with Crippen molar-refractivity contribution in [3.8, 4) is 17.1 Å². The quantitative estimate of drug-likeness (QED) is 0.789. The molecular formula is C16H14FN3O3. The summed E-state index contributed by atoms with van der Waals surface area (Å²) in [6.45, 7) is 0.0202. The lowest BCUT2D eigenvalue weighted by Gasteiger charge is -2.07. The molecule has 0 spiro atoms. The first-order chi connectivity index (χ1) is 11.1. The Morgan fingerprint density at radius 3 is 2.74 bits per heavy atom. The number of aliphatic hydroxyl groups is 1. The molecule has 0 amide bonds. The number of aromatic nitrogens is 3. The molecule has 0 atom stereocenters. The molecular weight excluding hydrogens is 301 g/mol. The van der Waals surface area contributed by atoms with Crippen molar-refractivity contribution in [3.05, 3.63) is 53.0 Å². The van der Waals surface area contributed by atoms with E-state index in [9.17, 15) is 9.18 Å². The van der Waals surface area contributed by atoms with E-state index in [1.165, 1.54) is 23.0 Å². The van der Waals surface area contributed by atoms with Crippen molar-refractivity contribution in [1.82, 2.24) is 14.5 Å². The lowest BCUT2D eigenvalue weighted by molar-refractivity contribution is 0.200. The molecule has 0 saturated heterocycles. The molecule has 7 heteroatoms. The number of nitrogens with zero attached hydrogens (tertiary/aromatic N) is 3. The molecule has 2 aromatic heterocycles. The van der Waals surface area contributed by atoms with Gasteiger partial charge in [0.15, 0.2) is 11.6 Å². The zero-order valence-electron chi connectivity index (χ0n) is 12.4. The van der Waals surface area contributed by atoms with E-state index < -0.39 is 5.82 Å². The Bertz CT molecular complexity index is 907. The van der Waals surface area contributed by atoms with E-state index in [4.69, 9.17) is 9.84 Å². The molecule has 6 nitrogen and oxygen atoms in total. The lowest BCUT2D eigenvalue weighted by Crippen LogP contribution is -2.15. The zero-order chi connectivity index (χ0) is 16.4. The molecule has 0 fully saturated rings. The van der Waals surface area contributed by atoms with Crippen molar-refractivity contribution in [1.29, 1.82) is 0 Å². The van der Waals surface area contributed by atoms with Crippen LogP contribution in [0.25, 0.3) is 22.2 Å². The van der Waals surface area contributed by atoms with Crippen LogP contribution in [0.3, 0.4) is 0 Å². The van der Waals surface area contributed by atoms with Crippen LogP contribution in [0.4, 0.5) is 4.39 Å². The summed E-state index contributed by atoms with van der Waals surface area (Å²) in [6.07, 6.45) is 4.44. The number of aryl methyl sites for hydroxylation is 1. The maximum atomic E-state index is 14.3. The van der Waals surface area contributed by atoms with Crippen molar-refractivity contribution in [2.75, 3.05) is 13.2 Å². The minimum atomic E-state index is -0.565. The molecule has 3 aromatic rings. The molecule has 1 aromatic carbocycles. The smallest absolute Gasteiger partial charge is 0.258 e. The normalized spacial score (nSPS) is 10.9. The second-order valence-electron chi connectivity index (χ2n) is 4.97. The molecule has 23 heavy (non-hydrogen) atoms. The van der Waals surface area contributed by atoms with Gasteiger partial charge in [0.05, 0.1) is 30.0 Å². The second kappa shape index (κ2) is 6.13. The summed E-state index contributed by atoms with van der Waals surface area (Å²) >= 11 is 0. The summed E-state index contributed by atoms with van der Waals surface area (Å²) in [5.41, 5.74) is -0.0546. The molecule has 3 rings (SSSR count). The second-order valence-corrected chi connectivity index (χ2v) is 4.97. The topological polar surface area (TPSA) is 77.2 Å². The summed E-state index contributed by atoms with van der Waals surface area (Å²) in [6, 6.07) is 4.49. The molecule has 0 bridgehead atoms. The number of benzene rings is 1. The Kier molecular flexibility index (Phi) is 4.03. The molecule has 118 valence electrons. The number of hydrogen-bond acceptors (Lipinski definition) is 5. The van der Waals surface area contributed by atoms with Gasteiger partial charge in [0.2, 0.25) is 0 Å². The highest BCUT2D eigenvalue weighted by Crippen LogP contribution is 2.24. The monoisotopic (exact) mass is 315 g/mol. The van der Waals surface area contributed by atoms with Gasteiger partial charge < -0.3 is 14.4 Å². The number of fused-ring (bicyclic) bond motifs is 1. The molecule has 0 aliphatic carbocycles. The third-order valence-corrected chi connectivity index (χ3v) is 3.40. The largest absolute Gasteiger partial charge is 0.488 e. The highest BCUT2D eigenvalue weighted by molar-refractivity contribution is 5.85. The minimum Gasteiger partial charge on any atom is -0.488 e. The highest BCUT2D eigenvalue weighted by Gasteiger charge is 2.12. The van der Waals surface area contributed by atoms with E-state index in [0.717, 1.165) is 0 Å². The first-order valence-corrected chi connectivity index (χ1v) is 6.95. The van der Waals surface area contributed by atoms with Crippen LogP contribution < -0.4 is 10.3 Å². The van der Waals surface area contributed by atoms with Crippen molar-refractivity contribution in [2.45, 2.75) is 0 Å². The Hall–Kier alpha value is -2.80. The summed E-state index contributed by atoms with van der Waals surface area (Å²) in [4.78, 5) is 20.1. The van der Waals surface area contributed by atoms with Gasteiger partial charge >= 0.3 is 0 Å². The fourth-order valence-electron chi connectivity index (χ4n) is 2.23. The van der Waals surface area contributed by atoms with Crippen molar-refractivity contribution >= 4 is 10.8 Å². The van der Waals surface area contributed by atoms with Gasteiger partial charge in [-0.05, 0) is 23.6 Å². The van der Waals surface area contributed by atoms with E-state index in [0.29, 0.717) is 16.5 Å². The Balaban J connectivity index is 2.04. The molecule has 0 aliphatic heterocycles. The van der Waals surface area contributed by atoms with E-state index >= 15 is 0 Å². The first kappa shape index (κ1) is 15.1. The number of hydrogen-bond donors (Lipinski definition) is 1. The summed E-state index contributed by atoms with van der Waals surface area (Å²) in [5.74, 6) is 0.0177. The average molecular weight is 315 g/mol. The maximum absolute atomic E-state index is 14.3.